The monoisotopic (exact) mass is 227 g/mol. The Kier molecular flexibility index (Phi) is 4.77. The lowest BCUT2D eigenvalue weighted by Gasteiger charge is -2.22. The second kappa shape index (κ2) is 5.64. The van der Waals surface area contributed by atoms with E-state index in [0.29, 0.717) is 0 Å². The average molecular weight is 227 g/mol. The molecule has 0 atom stereocenters. The molecule has 0 radical (unpaired) electrons. The van der Waals surface area contributed by atoms with Crippen LogP contribution < -0.4 is 5.32 Å². The summed E-state index contributed by atoms with van der Waals surface area (Å²) in [6, 6.07) is 4.42. The number of hydrogen-bond acceptors (Lipinski definition) is 3. The smallest absolute Gasteiger partial charge is 0.0746 e. The van der Waals surface area contributed by atoms with Gasteiger partial charge in [-0.15, -0.1) is 11.3 Å². The molecule has 1 N–H and O–H groups in total. The topological polar surface area (TPSA) is 21.3 Å². The van der Waals surface area contributed by atoms with Gasteiger partial charge in [0.05, 0.1) is 5.60 Å². The Hall–Kier alpha value is -0.380. The van der Waals surface area contributed by atoms with Crippen LogP contribution in [0, 0.1) is 0 Å². The van der Waals surface area contributed by atoms with E-state index in [1.807, 2.05) is 11.3 Å². The fourth-order valence-corrected chi connectivity index (χ4v) is 2.19. The summed E-state index contributed by atoms with van der Waals surface area (Å²) in [6.07, 6.45) is 1.13. The van der Waals surface area contributed by atoms with Gasteiger partial charge >= 0.3 is 0 Å². The number of ether oxygens (including phenoxy) is 1. The molecule has 1 aromatic rings. The van der Waals surface area contributed by atoms with Gasteiger partial charge in [0, 0.05) is 30.0 Å². The van der Waals surface area contributed by atoms with Gasteiger partial charge in [-0.25, -0.2) is 0 Å². The van der Waals surface area contributed by atoms with Gasteiger partial charge in [0.1, 0.15) is 0 Å². The Morgan fingerprint density at radius 3 is 2.53 bits per heavy atom. The maximum Gasteiger partial charge on any atom is 0.0746 e. The zero-order chi connectivity index (χ0) is 11.3. The maximum absolute atomic E-state index is 5.34. The number of nitrogens with one attached hydrogen (secondary N) is 1. The fraction of sp³-hybridized carbons (Fsp3) is 0.667. The van der Waals surface area contributed by atoms with E-state index in [-0.39, 0.29) is 5.60 Å². The van der Waals surface area contributed by atoms with Crippen molar-refractivity contribution in [2.75, 3.05) is 13.7 Å². The molecule has 0 bridgehead atoms. The van der Waals surface area contributed by atoms with E-state index in [9.17, 15) is 0 Å². The van der Waals surface area contributed by atoms with Crippen LogP contribution in [0.4, 0.5) is 0 Å². The Labute approximate surface area is 96.7 Å². The lowest BCUT2D eigenvalue weighted by atomic mass is 10.1. The third-order valence-electron chi connectivity index (χ3n) is 2.47. The predicted molar refractivity (Wildman–Crippen MR) is 66.5 cm³/mol. The minimum atomic E-state index is -0.0785. The van der Waals surface area contributed by atoms with Crippen LogP contribution in [-0.2, 0) is 17.7 Å². The van der Waals surface area contributed by atoms with E-state index in [1.54, 1.807) is 7.11 Å². The number of rotatable bonds is 6. The van der Waals surface area contributed by atoms with Gasteiger partial charge in [-0.3, -0.25) is 0 Å². The summed E-state index contributed by atoms with van der Waals surface area (Å²) >= 11 is 1.89. The number of aryl methyl sites for hydroxylation is 1. The highest BCUT2D eigenvalue weighted by Crippen LogP contribution is 2.16. The van der Waals surface area contributed by atoms with Crippen molar-refractivity contribution in [3.05, 3.63) is 21.9 Å². The van der Waals surface area contributed by atoms with E-state index >= 15 is 0 Å². The third kappa shape index (κ3) is 4.33. The van der Waals surface area contributed by atoms with Crippen LogP contribution >= 0.6 is 11.3 Å². The van der Waals surface area contributed by atoms with E-state index in [4.69, 9.17) is 4.74 Å². The van der Waals surface area contributed by atoms with Crippen molar-refractivity contribution in [1.29, 1.82) is 0 Å². The molecular weight excluding hydrogens is 206 g/mol. The molecule has 2 nitrogen and oxygen atoms in total. The average Bonchev–Trinajstić information content (AvgIpc) is 2.66. The molecule has 86 valence electrons. The first-order valence-electron chi connectivity index (χ1n) is 5.41. The summed E-state index contributed by atoms with van der Waals surface area (Å²) in [4.78, 5) is 2.86. The van der Waals surface area contributed by atoms with Gasteiger partial charge in [0.25, 0.3) is 0 Å². The SMILES string of the molecule is CCc1ccc(CNCC(C)(C)OC)s1. The largest absolute Gasteiger partial charge is 0.377 e. The molecule has 0 aromatic carbocycles. The molecule has 0 aliphatic heterocycles. The highest BCUT2D eigenvalue weighted by atomic mass is 32.1. The molecule has 1 aromatic heterocycles. The summed E-state index contributed by atoms with van der Waals surface area (Å²) < 4.78 is 5.34. The summed E-state index contributed by atoms with van der Waals surface area (Å²) in [6.45, 7) is 8.19. The molecule has 0 fully saturated rings. The van der Waals surface area contributed by atoms with Gasteiger partial charge < -0.3 is 10.1 Å². The normalized spacial score (nSPS) is 12.0. The highest BCUT2D eigenvalue weighted by molar-refractivity contribution is 7.11. The van der Waals surface area contributed by atoms with Crippen LogP contribution in [-0.4, -0.2) is 19.3 Å². The summed E-state index contributed by atoms with van der Waals surface area (Å²) in [5, 5.41) is 3.42. The van der Waals surface area contributed by atoms with Crippen LogP contribution in [0.25, 0.3) is 0 Å². The van der Waals surface area contributed by atoms with E-state index in [2.05, 4.69) is 38.2 Å². The minimum absolute atomic E-state index is 0.0785. The van der Waals surface area contributed by atoms with Crippen molar-refractivity contribution in [1.82, 2.24) is 5.32 Å². The number of methoxy groups -OCH3 is 1. The fourth-order valence-electron chi connectivity index (χ4n) is 1.27. The van der Waals surface area contributed by atoms with Crippen molar-refractivity contribution in [2.45, 2.75) is 39.3 Å². The van der Waals surface area contributed by atoms with E-state index < -0.39 is 0 Å². The molecule has 1 heterocycles. The van der Waals surface area contributed by atoms with Crippen molar-refractivity contribution in [3.63, 3.8) is 0 Å². The molecule has 0 aliphatic rings. The van der Waals surface area contributed by atoms with Gasteiger partial charge in [-0.1, -0.05) is 6.92 Å². The molecule has 0 amide bonds. The molecule has 0 spiro atoms. The Balaban J connectivity index is 2.31. The molecule has 1 rings (SSSR count). The van der Waals surface area contributed by atoms with Crippen LogP contribution in [0.3, 0.4) is 0 Å². The first-order valence-corrected chi connectivity index (χ1v) is 6.22. The zero-order valence-electron chi connectivity index (χ0n) is 10.1. The molecule has 0 saturated carbocycles. The molecule has 3 heteroatoms. The van der Waals surface area contributed by atoms with Gasteiger partial charge in [-0.2, -0.15) is 0 Å². The van der Waals surface area contributed by atoms with Crippen LogP contribution in [0.2, 0.25) is 0 Å². The van der Waals surface area contributed by atoms with Crippen molar-refractivity contribution in [2.24, 2.45) is 0 Å². The standard InChI is InChI=1S/C12H21NOS/c1-5-10-6-7-11(15-10)8-13-9-12(2,3)14-4/h6-7,13H,5,8-9H2,1-4H3. The summed E-state index contributed by atoms with van der Waals surface area (Å²) in [7, 11) is 1.75. The van der Waals surface area contributed by atoms with E-state index in [1.165, 1.54) is 9.75 Å². The number of hydrogen-bond donors (Lipinski definition) is 1. The lowest BCUT2D eigenvalue weighted by Crippen LogP contribution is -2.36. The Morgan fingerprint density at radius 2 is 2.00 bits per heavy atom. The molecular formula is C12H21NOS. The minimum Gasteiger partial charge on any atom is -0.377 e. The highest BCUT2D eigenvalue weighted by Gasteiger charge is 2.15. The molecule has 0 unspecified atom stereocenters. The number of thiophene rings is 1. The second-order valence-corrected chi connectivity index (χ2v) is 5.54. The second-order valence-electron chi connectivity index (χ2n) is 4.29. The lowest BCUT2D eigenvalue weighted by molar-refractivity contribution is 0.0231. The molecule has 15 heavy (non-hydrogen) atoms. The summed E-state index contributed by atoms with van der Waals surface area (Å²) in [5.74, 6) is 0. The van der Waals surface area contributed by atoms with Gasteiger partial charge in [-0.05, 0) is 32.4 Å². The first kappa shape index (κ1) is 12.7. The van der Waals surface area contributed by atoms with Crippen LogP contribution in [0.1, 0.15) is 30.5 Å². The molecule has 0 aliphatic carbocycles. The van der Waals surface area contributed by atoms with Gasteiger partial charge in [0.2, 0.25) is 0 Å². The summed E-state index contributed by atoms with van der Waals surface area (Å²) in [5.41, 5.74) is -0.0785. The maximum atomic E-state index is 5.34. The van der Waals surface area contributed by atoms with Crippen molar-refractivity contribution < 1.29 is 4.74 Å². The van der Waals surface area contributed by atoms with Crippen molar-refractivity contribution >= 4 is 11.3 Å². The Morgan fingerprint density at radius 1 is 1.33 bits per heavy atom. The third-order valence-corrected chi connectivity index (χ3v) is 3.70. The zero-order valence-corrected chi connectivity index (χ0v) is 10.9. The predicted octanol–water partition coefficient (Wildman–Crippen LogP) is 2.83. The molecule has 0 saturated heterocycles. The van der Waals surface area contributed by atoms with Crippen LogP contribution in [0.15, 0.2) is 12.1 Å². The van der Waals surface area contributed by atoms with Crippen molar-refractivity contribution in [3.8, 4) is 0 Å². The van der Waals surface area contributed by atoms with Gasteiger partial charge in [0.15, 0.2) is 0 Å². The quantitative estimate of drug-likeness (QED) is 0.807. The van der Waals surface area contributed by atoms with E-state index in [0.717, 1.165) is 19.5 Å². The first-order chi connectivity index (χ1) is 7.07. The Bertz CT molecular complexity index is 294. The van der Waals surface area contributed by atoms with Crippen LogP contribution in [0.5, 0.6) is 0 Å².